The largest absolute Gasteiger partial charge is 0.333 e. The minimum absolute atomic E-state index is 0. The first-order valence-electron chi connectivity index (χ1n) is 8.26. The van der Waals surface area contributed by atoms with E-state index in [1.54, 1.807) is 10.7 Å². The van der Waals surface area contributed by atoms with Crippen molar-refractivity contribution in [3.05, 3.63) is 53.6 Å². The number of hydrogen-bond donors (Lipinski definition) is 1. The summed E-state index contributed by atoms with van der Waals surface area (Å²) in [6.07, 6.45) is 6.52. The standard InChI is InChI=1S/C18H16N6O.ClH/c1-11-16(13-5-6-19-8-12(13)9-20-11)17-22-18(25-23-17)14-10-21-24-7-3-2-4-15(14)24;/h2-4,7,9-10,19H,5-6,8H2,1H3;1H. The zero-order chi connectivity index (χ0) is 16.8. The Labute approximate surface area is 155 Å². The maximum Gasteiger partial charge on any atom is 0.262 e. The zero-order valence-electron chi connectivity index (χ0n) is 14.1. The monoisotopic (exact) mass is 368 g/mol. The van der Waals surface area contributed by atoms with Crippen LogP contribution < -0.4 is 5.32 Å². The Morgan fingerprint density at radius 2 is 2.15 bits per heavy atom. The highest BCUT2D eigenvalue weighted by atomic mass is 35.5. The van der Waals surface area contributed by atoms with Crippen LogP contribution in [0.1, 0.15) is 16.8 Å². The Morgan fingerprint density at radius 3 is 3.08 bits per heavy atom. The molecule has 132 valence electrons. The Bertz CT molecular complexity index is 1090. The minimum Gasteiger partial charge on any atom is -0.333 e. The number of hydrogen-bond acceptors (Lipinski definition) is 6. The number of nitrogens with zero attached hydrogens (tertiary/aromatic N) is 5. The molecule has 5 rings (SSSR count). The van der Waals surface area contributed by atoms with Crippen LogP contribution in [0.5, 0.6) is 0 Å². The molecule has 1 aliphatic rings. The molecule has 4 aromatic rings. The van der Waals surface area contributed by atoms with Crippen LogP contribution in [0, 0.1) is 6.92 Å². The second-order valence-electron chi connectivity index (χ2n) is 6.16. The van der Waals surface area contributed by atoms with E-state index in [4.69, 9.17) is 4.52 Å². The van der Waals surface area contributed by atoms with Crippen molar-refractivity contribution in [2.45, 2.75) is 19.9 Å². The average molecular weight is 369 g/mol. The Morgan fingerprint density at radius 1 is 1.23 bits per heavy atom. The smallest absolute Gasteiger partial charge is 0.262 e. The van der Waals surface area contributed by atoms with E-state index in [9.17, 15) is 0 Å². The first-order chi connectivity index (χ1) is 12.3. The van der Waals surface area contributed by atoms with Gasteiger partial charge in [0, 0.05) is 30.2 Å². The number of pyridine rings is 2. The fourth-order valence-electron chi connectivity index (χ4n) is 3.40. The predicted octanol–water partition coefficient (Wildman–Crippen LogP) is 2.82. The molecule has 0 saturated heterocycles. The summed E-state index contributed by atoms with van der Waals surface area (Å²) < 4.78 is 7.35. The van der Waals surface area contributed by atoms with E-state index in [2.05, 4.69) is 25.5 Å². The van der Waals surface area contributed by atoms with Gasteiger partial charge in [-0.3, -0.25) is 4.98 Å². The predicted molar refractivity (Wildman–Crippen MR) is 99.1 cm³/mol. The highest BCUT2D eigenvalue weighted by molar-refractivity contribution is 5.85. The lowest BCUT2D eigenvalue weighted by atomic mass is 9.95. The van der Waals surface area contributed by atoms with Crippen molar-refractivity contribution < 1.29 is 4.52 Å². The van der Waals surface area contributed by atoms with Crippen LogP contribution in [-0.4, -0.2) is 31.3 Å². The third-order valence-corrected chi connectivity index (χ3v) is 4.64. The van der Waals surface area contributed by atoms with Crippen LogP contribution in [0.25, 0.3) is 28.4 Å². The molecule has 5 heterocycles. The van der Waals surface area contributed by atoms with Crippen LogP contribution in [0.2, 0.25) is 0 Å². The van der Waals surface area contributed by atoms with Crippen molar-refractivity contribution in [2.75, 3.05) is 6.54 Å². The molecular weight excluding hydrogens is 352 g/mol. The van der Waals surface area contributed by atoms with Gasteiger partial charge in [0.25, 0.3) is 5.89 Å². The third kappa shape index (κ3) is 2.56. The Hall–Kier alpha value is -2.77. The molecule has 1 N–H and O–H groups in total. The molecule has 0 aromatic carbocycles. The molecule has 26 heavy (non-hydrogen) atoms. The second-order valence-corrected chi connectivity index (χ2v) is 6.16. The van der Waals surface area contributed by atoms with E-state index in [0.717, 1.165) is 41.8 Å². The highest BCUT2D eigenvalue weighted by Crippen LogP contribution is 2.31. The van der Waals surface area contributed by atoms with Crippen molar-refractivity contribution >= 4 is 17.9 Å². The molecule has 0 saturated carbocycles. The summed E-state index contributed by atoms with van der Waals surface area (Å²) in [5, 5.41) is 11.9. The lowest BCUT2D eigenvalue weighted by Gasteiger charge is -2.19. The lowest BCUT2D eigenvalue weighted by molar-refractivity contribution is 0.432. The van der Waals surface area contributed by atoms with Crippen molar-refractivity contribution in [2.24, 2.45) is 0 Å². The van der Waals surface area contributed by atoms with Crippen molar-refractivity contribution in [1.82, 2.24) is 30.1 Å². The summed E-state index contributed by atoms with van der Waals surface area (Å²) in [5.74, 6) is 1.07. The number of rotatable bonds is 2. The molecule has 0 spiro atoms. The van der Waals surface area contributed by atoms with Gasteiger partial charge in [0.15, 0.2) is 0 Å². The van der Waals surface area contributed by atoms with Crippen LogP contribution in [0.4, 0.5) is 0 Å². The molecule has 0 aliphatic carbocycles. The number of fused-ring (bicyclic) bond motifs is 2. The minimum atomic E-state index is 0. The van der Waals surface area contributed by atoms with Gasteiger partial charge in [0.1, 0.15) is 0 Å². The molecule has 0 amide bonds. The molecule has 0 radical (unpaired) electrons. The zero-order valence-corrected chi connectivity index (χ0v) is 15.0. The van der Waals surface area contributed by atoms with Gasteiger partial charge in [-0.05, 0) is 43.1 Å². The maximum atomic E-state index is 5.56. The highest BCUT2D eigenvalue weighted by Gasteiger charge is 2.22. The topological polar surface area (TPSA) is 81.1 Å². The molecule has 0 bridgehead atoms. The fourth-order valence-corrected chi connectivity index (χ4v) is 3.40. The number of nitrogens with one attached hydrogen (secondary N) is 1. The summed E-state index contributed by atoms with van der Waals surface area (Å²) in [6, 6.07) is 5.88. The van der Waals surface area contributed by atoms with E-state index in [-0.39, 0.29) is 12.4 Å². The van der Waals surface area contributed by atoms with Crippen molar-refractivity contribution in [1.29, 1.82) is 0 Å². The maximum absolute atomic E-state index is 5.56. The van der Waals surface area contributed by atoms with Crippen LogP contribution in [0.15, 0.2) is 41.3 Å². The van der Waals surface area contributed by atoms with Gasteiger partial charge in [0.2, 0.25) is 5.82 Å². The number of aromatic nitrogens is 5. The SMILES string of the molecule is Cc1ncc2c(c1-c1noc(-c3cnn4ccccc34)n1)CCNC2.Cl. The van der Waals surface area contributed by atoms with E-state index < -0.39 is 0 Å². The second kappa shape index (κ2) is 6.51. The van der Waals surface area contributed by atoms with E-state index >= 15 is 0 Å². The molecule has 4 aromatic heterocycles. The van der Waals surface area contributed by atoms with Crippen molar-refractivity contribution in [3.63, 3.8) is 0 Å². The Balaban J connectivity index is 0.00000168. The average Bonchev–Trinajstić information content (AvgIpc) is 3.28. The van der Waals surface area contributed by atoms with Gasteiger partial charge in [-0.2, -0.15) is 10.1 Å². The number of halogens is 1. The Kier molecular flexibility index (Phi) is 4.18. The van der Waals surface area contributed by atoms with Crippen molar-refractivity contribution in [3.8, 4) is 22.8 Å². The van der Waals surface area contributed by atoms with Crippen LogP contribution in [-0.2, 0) is 13.0 Å². The molecule has 0 unspecified atom stereocenters. The van der Waals surface area contributed by atoms with Gasteiger partial charge >= 0.3 is 0 Å². The molecule has 0 atom stereocenters. The van der Waals surface area contributed by atoms with Gasteiger partial charge in [-0.1, -0.05) is 11.2 Å². The van der Waals surface area contributed by atoms with Crippen LogP contribution in [0.3, 0.4) is 0 Å². The number of aryl methyl sites for hydroxylation is 1. The van der Waals surface area contributed by atoms with E-state index in [0.29, 0.717) is 11.7 Å². The summed E-state index contributed by atoms with van der Waals surface area (Å²) in [6.45, 7) is 3.76. The van der Waals surface area contributed by atoms with Crippen LogP contribution >= 0.6 is 12.4 Å². The summed E-state index contributed by atoms with van der Waals surface area (Å²) >= 11 is 0. The van der Waals surface area contributed by atoms with E-state index in [1.807, 2.05) is 37.5 Å². The van der Waals surface area contributed by atoms with Gasteiger partial charge < -0.3 is 9.84 Å². The molecule has 7 nitrogen and oxygen atoms in total. The van der Waals surface area contributed by atoms with E-state index in [1.165, 1.54) is 11.1 Å². The van der Waals surface area contributed by atoms with Gasteiger partial charge in [0.05, 0.1) is 17.3 Å². The molecule has 1 aliphatic heterocycles. The first kappa shape index (κ1) is 16.7. The molecule has 0 fully saturated rings. The lowest BCUT2D eigenvalue weighted by Crippen LogP contribution is -2.24. The normalized spacial score (nSPS) is 13.4. The molecular formula is C18H17ClN6O. The summed E-state index contributed by atoms with van der Waals surface area (Å²) in [4.78, 5) is 9.16. The third-order valence-electron chi connectivity index (χ3n) is 4.64. The van der Waals surface area contributed by atoms with Gasteiger partial charge in [-0.15, -0.1) is 12.4 Å². The summed E-state index contributed by atoms with van der Waals surface area (Å²) in [7, 11) is 0. The fraction of sp³-hybridized carbons (Fsp3) is 0.222. The first-order valence-corrected chi connectivity index (χ1v) is 8.26. The quantitative estimate of drug-likeness (QED) is 0.586. The molecule has 8 heteroatoms. The van der Waals surface area contributed by atoms with Gasteiger partial charge in [-0.25, -0.2) is 4.52 Å². The summed E-state index contributed by atoms with van der Waals surface area (Å²) in [5.41, 5.74) is 6.15.